The van der Waals surface area contributed by atoms with Gasteiger partial charge in [-0.3, -0.25) is 4.79 Å². The van der Waals surface area contributed by atoms with E-state index < -0.39 is 0 Å². The van der Waals surface area contributed by atoms with Gasteiger partial charge in [0.25, 0.3) is 0 Å². The molecular weight excluding hydrogens is 222 g/mol. The van der Waals surface area contributed by atoms with Gasteiger partial charge >= 0.3 is 0 Å². The van der Waals surface area contributed by atoms with Gasteiger partial charge in [-0.25, -0.2) is 0 Å². The number of carbonyl (C=O) groups excluding carboxylic acids is 1. The van der Waals surface area contributed by atoms with Crippen molar-refractivity contribution in [2.24, 2.45) is 0 Å². The van der Waals surface area contributed by atoms with Crippen molar-refractivity contribution in [1.82, 2.24) is 5.32 Å². The van der Waals surface area contributed by atoms with Crippen LogP contribution in [0, 0.1) is 0 Å². The van der Waals surface area contributed by atoms with Crippen molar-refractivity contribution in [2.45, 2.75) is 33.2 Å². The minimum absolute atomic E-state index is 0.0998. The van der Waals surface area contributed by atoms with Crippen LogP contribution in [0.1, 0.15) is 27.2 Å². The van der Waals surface area contributed by atoms with Crippen LogP contribution >= 0.6 is 0 Å². The zero-order valence-electron chi connectivity index (χ0n) is 11.2. The first-order valence-corrected chi connectivity index (χ1v) is 6.27. The Morgan fingerprint density at radius 1 is 1.06 bits per heavy atom. The van der Waals surface area contributed by atoms with Gasteiger partial charge in [-0.05, 0) is 20.3 Å². The van der Waals surface area contributed by atoms with Crippen molar-refractivity contribution in [3.63, 3.8) is 0 Å². The molecule has 0 saturated carbocycles. The van der Waals surface area contributed by atoms with Gasteiger partial charge in [0, 0.05) is 19.8 Å². The number of hydrogen-bond acceptors (Lipinski definition) is 4. The van der Waals surface area contributed by atoms with E-state index in [0.29, 0.717) is 33.0 Å². The van der Waals surface area contributed by atoms with Gasteiger partial charge in [0.15, 0.2) is 0 Å². The molecule has 5 nitrogen and oxygen atoms in total. The first kappa shape index (κ1) is 16.4. The highest BCUT2D eigenvalue weighted by molar-refractivity contribution is 5.77. The Hall–Kier alpha value is -0.650. The average molecular weight is 247 g/mol. The molecule has 1 amide bonds. The highest BCUT2D eigenvalue weighted by Gasteiger charge is 2.12. The Bertz CT molecular complexity index is 179. The number of rotatable bonds is 11. The van der Waals surface area contributed by atoms with E-state index in [0.717, 1.165) is 6.42 Å². The third-order valence-corrected chi connectivity index (χ3v) is 1.99. The van der Waals surface area contributed by atoms with E-state index in [9.17, 15) is 4.79 Å². The molecule has 0 heterocycles. The van der Waals surface area contributed by atoms with Gasteiger partial charge in [0.05, 0.1) is 19.3 Å². The number of carbonyl (C=O) groups is 1. The summed E-state index contributed by atoms with van der Waals surface area (Å²) in [7, 11) is 0. The number of hydrogen-bond donors (Lipinski definition) is 1. The predicted molar refractivity (Wildman–Crippen MR) is 66.0 cm³/mol. The maximum absolute atomic E-state index is 11.5. The summed E-state index contributed by atoms with van der Waals surface area (Å²) < 4.78 is 15.7. The molecule has 0 aliphatic heterocycles. The number of ether oxygens (including phenoxy) is 3. The van der Waals surface area contributed by atoms with Crippen LogP contribution in [-0.4, -0.2) is 51.6 Å². The fourth-order valence-electron chi connectivity index (χ4n) is 1.23. The lowest BCUT2D eigenvalue weighted by Crippen LogP contribution is -2.43. The van der Waals surface area contributed by atoms with Gasteiger partial charge in [-0.15, -0.1) is 0 Å². The molecule has 5 heteroatoms. The van der Waals surface area contributed by atoms with Crippen LogP contribution in [0.4, 0.5) is 0 Å². The quantitative estimate of drug-likeness (QED) is 0.553. The summed E-state index contributed by atoms with van der Waals surface area (Å²) >= 11 is 0. The van der Waals surface area contributed by atoms with Gasteiger partial charge < -0.3 is 19.5 Å². The van der Waals surface area contributed by atoms with Gasteiger partial charge in [0.2, 0.25) is 5.91 Å². The molecule has 0 spiro atoms. The standard InChI is InChI=1S/C12H25NO4/c1-4-7-17-10-12(14)13-11(8-15-5-2)9-16-6-3/h11H,4-10H2,1-3H3,(H,13,14). The smallest absolute Gasteiger partial charge is 0.246 e. The van der Waals surface area contributed by atoms with Gasteiger partial charge in [-0.1, -0.05) is 6.92 Å². The lowest BCUT2D eigenvalue weighted by atomic mass is 10.3. The molecule has 0 aliphatic carbocycles. The van der Waals surface area contributed by atoms with E-state index in [4.69, 9.17) is 14.2 Å². The maximum Gasteiger partial charge on any atom is 0.246 e. The van der Waals surface area contributed by atoms with Crippen molar-refractivity contribution in [1.29, 1.82) is 0 Å². The Morgan fingerprint density at radius 3 is 2.12 bits per heavy atom. The zero-order valence-corrected chi connectivity index (χ0v) is 11.2. The van der Waals surface area contributed by atoms with E-state index in [1.54, 1.807) is 0 Å². The minimum Gasteiger partial charge on any atom is -0.380 e. The van der Waals surface area contributed by atoms with Crippen LogP contribution in [0.3, 0.4) is 0 Å². The van der Waals surface area contributed by atoms with Gasteiger partial charge in [-0.2, -0.15) is 0 Å². The Labute approximate surface area is 104 Å². The second-order valence-corrected chi connectivity index (χ2v) is 3.64. The molecular formula is C12H25NO4. The molecule has 0 unspecified atom stereocenters. The van der Waals surface area contributed by atoms with Crippen molar-refractivity contribution in [3.05, 3.63) is 0 Å². The summed E-state index contributed by atoms with van der Waals surface area (Å²) in [5.74, 6) is -0.122. The fourth-order valence-corrected chi connectivity index (χ4v) is 1.23. The molecule has 0 saturated heterocycles. The second kappa shape index (κ2) is 11.8. The average Bonchev–Trinajstić information content (AvgIpc) is 2.33. The second-order valence-electron chi connectivity index (χ2n) is 3.64. The molecule has 0 aromatic heterocycles. The normalized spacial score (nSPS) is 10.8. The SMILES string of the molecule is CCCOCC(=O)NC(COCC)COCC. The summed E-state index contributed by atoms with van der Waals surface area (Å²) in [4.78, 5) is 11.5. The Kier molecular flexibility index (Phi) is 11.4. The van der Waals surface area contributed by atoms with Crippen LogP contribution in [0.15, 0.2) is 0 Å². The molecule has 0 bridgehead atoms. The first-order valence-electron chi connectivity index (χ1n) is 6.27. The lowest BCUT2D eigenvalue weighted by Gasteiger charge is -2.18. The van der Waals surface area contributed by atoms with E-state index in [1.807, 2.05) is 20.8 Å². The van der Waals surface area contributed by atoms with E-state index in [2.05, 4.69) is 5.32 Å². The molecule has 0 radical (unpaired) electrons. The maximum atomic E-state index is 11.5. The first-order chi connectivity index (χ1) is 8.24. The lowest BCUT2D eigenvalue weighted by molar-refractivity contribution is -0.127. The van der Waals surface area contributed by atoms with E-state index in [1.165, 1.54) is 0 Å². The molecule has 102 valence electrons. The van der Waals surface area contributed by atoms with Crippen LogP contribution in [0.25, 0.3) is 0 Å². The summed E-state index contributed by atoms with van der Waals surface area (Å²) in [5.41, 5.74) is 0. The predicted octanol–water partition coefficient (Wildman–Crippen LogP) is 0.971. The monoisotopic (exact) mass is 247 g/mol. The largest absolute Gasteiger partial charge is 0.380 e. The zero-order chi connectivity index (χ0) is 12.9. The summed E-state index contributed by atoms with van der Waals surface area (Å²) in [5, 5.41) is 2.83. The van der Waals surface area contributed by atoms with Crippen molar-refractivity contribution in [3.8, 4) is 0 Å². The number of nitrogens with one attached hydrogen (secondary N) is 1. The fraction of sp³-hybridized carbons (Fsp3) is 0.917. The third-order valence-electron chi connectivity index (χ3n) is 1.99. The highest BCUT2D eigenvalue weighted by atomic mass is 16.5. The van der Waals surface area contributed by atoms with Crippen LogP contribution in [-0.2, 0) is 19.0 Å². The summed E-state index contributed by atoms with van der Waals surface area (Å²) in [6.07, 6.45) is 0.911. The molecule has 0 rings (SSSR count). The third kappa shape index (κ3) is 10.2. The Balaban J connectivity index is 3.81. The molecule has 0 fully saturated rings. The number of amides is 1. The molecule has 17 heavy (non-hydrogen) atoms. The molecule has 0 aliphatic rings. The topological polar surface area (TPSA) is 56.8 Å². The molecule has 0 aromatic carbocycles. The summed E-state index contributed by atoms with van der Waals surface area (Å²) in [6.45, 7) is 8.75. The Morgan fingerprint density at radius 2 is 1.65 bits per heavy atom. The highest BCUT2D eigenvalue weighted by Crippen LogP contribution is 1.90. The molecule has 1 N–H and O–H groups in total. The molecule has 0 aromatic rings. The van der Waals surface area contributed by atoms with Crippen molar-refractivity contribution >= 4 is 5.91 Å². The van der Waals surface area contributed by atoms with E-state index in [-0.39, 0.29) is 18.6 Å². The van der Waals surface area contributed by atoms with Gasteiger partial charge in [0.1, 0.15) is 6.61 Å². The van der Waals surface area contributed by atoms with Crippen LogP contribution < -0.4 is 5.32 Å². The van der Waals surface area contributed by atoms with Crippen molar-refractivity contribution < 1.29 is 19.0 Å². The van der Waals surface area contributed by atoms with Crippen molar-refractivity contribution in [2.75, 3.05) is 39.6 Å². The molecule has 0 atom stereocenters. The van der Waals surface area contributed by atoms with Crippen LogP contribution in [0.5, 0.6) is 0 Å². The minimum atomic E-state index is -0.122. The van der Waals surface area contributed by atoms with E-state index >= 15 is 0 Å². The summed E-state index contributed by atoms with van der Waals surface area (Å²) in [6, 6.07) is -0.104. The van der Waals surface area contributed by atoms with Crippen LogP contribution in [0.2, 0.25) is 0 Å².